The Labute approximate surface area is 66.9 Å². The van der Waals surface area contributed by atoms with E-state index < -0.39 is 5.97 Å². The zero-order valence-electron chi connectivity index (χ0n) is 7.59. The number of carboxylic acid groups (broad SMARTS) is 1. The van der Waals surface area contributed by atoms with Gasteiger partial charge in [-0.05, 0) is 13.0 Å². The first-order valence-corrected chi connectivity index (χ1v) is 2.60. The van der Waals surface area contributed by atoms with Crippen molar-refractivity contribution in [1.82, 2.24) is 12.3 Å². The lowest BCUT2D eigenvalue weighted by molar-refractivity contribution is -0.361. The average molecular weight is 166 g/mol. The number of quaternary nitrogens is 2. The van der Waals surface area contributed by atoms with Crippen LogP contribution in [0.5, 0.6) is 0 Å². The van der Waals surface area contributed by atoms with E-state index in [-0.39, 0.29) is 18.9 Å². The molecule has 0 rings (SSSR count). The fraction of sp³-hybridized carbons (Fsp3) is 0.500. The molecule has 0 saturated carbocycles. The van der Waals surface area contributed by atoms with Gasteiger partial charge in [-0.15, -0.1) is 6.61 Å². The van der Waals surface area contributed by atoms with Gasteiger partial charge in [0.15, 0.2) is 0 Å². The van der Waals surface area contributed by atoms with Crippen molar-refractivity contribution >= 4 is 5.97 Å². The summed E-state index contributed by atoms with van der Waals surface area (Å²) in [6, 6.07) is 0. The highest BCUT2D eigenvalue weighted by Gasteiger charge is 1.61. The number of carbonyl (C=O) groups excluding carboxylic acids is 1. The Kier molecular flexibility index (Phi) is 46.9. The van der Waals surface area contributed by atoms with E-state index >= 15 is 0 Å². The fourth-order valence-corrected chi connectivity index (χ4v) is 0.136. The van der Waals surface area contributed by atoms with Gasteiger partial charge < -0.3 is 27.3 Å². The van der Waals surface area contributed by atoms with Crippen molar-refractivity contribution in [3.8, 4) is 0 Å². The van der Waals surface area contributed by atoms with Crippen LogP contribution in [0.15, 0.2) is 12.2 Å². The molecule has 0 heterocycles. The number of hydrogen-bond donors (Lipinski definition) is 2. The van der Waals surface area contributed by atoms with E-state index in [2.05, 4.69) is 0 Å². The molecule has 0 saturated heterocycles. The fourth-order valence-electron chi connectivity index (χ4n) is 0.136. The van der Waals surface area contributed by atoms with Gasteiger partial charge in [-0.3, -0.25) is 0 Å². The number of carbonyl (C=O) groups is 1. The van der Waals surface area contributed by atoms with Crippen LogP contribution in [-0.4, -0.2) is 12.6 Å². The second-order valence-electron chi connectivity index (χ2n) is 1.11. The highest BCUT2D eigenvalue weighted by molar-refractivity contribution is 5.77. The van der Waals surface area contributed by atoms with Gasteiger partial charge in [0.05, 0.1) is 5.97 Å². The minimum atomic E-state index is -1.14. The summed E-state index contributed by atoms with van der Waals surface area (Å²) in [5, 5.41) is 18.3. The van der Waals surface area contributed by atoms with Crippen molar-refractivity contribution in [2.45, 2.75) is 13.8 Å². The van der Waals surface area contributed by atoms with Crippen molar-refractivity contribution in [3.05, 3.63) is 12.2 Å². The zero-order chi connectivity index (χ0) is 7.70. The van der Waals surface area contributed by atoms with Crippen molar-refractivity contribution in [1.29, 1.82) is 0 Å². The van der Waals surface area contributed by atoms with E-state index in [0.29, 0.717) is 0 Å². The normalized spacial score (nSPS) is 6.82. The molecule has 0 amide bonds. The average Bonchev–Trinajstić information content (AvgIpc) is 1.67. The quantitative estimate of drug-likeness (QED) is 0.504. The van der Waals surface area contributed by atoms with Crippen LogP contribution in [0.4, 0.5) is 0 Å². The maximum Gasteiger partial charge on any atom is 0.0639 e. The molecule has 0 aromatic carbocycles. The van der Waals surface area contributed by atoms with Crippen molar-refractivity contribution in [3.63, 3.8) is 0 Å². The monoisotopic (exact) mass is 166 g/mol. The van der Waals surface area contributed by atoms with Crippen molar-refractivity contribution < 1.29 is 15.0 Å². The first kappa shape index (κ1) is 22.5. The van der Waals surface area contributed by atoms with Crippen molar-refractivity contribution in [2.24, 2.45) is 0 Å². The zero-order valence-corrected chi connectivity index (χ0v) is 7.59. The van der Waals surface area contributed by atoms with Crippen LogP contribution in [0.2, 0.25) is 0 Å². The molecule has 8 N–H and O–H groups in total. The van der Waals surface area contributed by atoms with Crippen LogP contribution in [-0.2, 0) is 4.79 Å². The summed E-state index contributed by atoms with van der Waals surface area (Å²) in [6.45, 7) is 3.19. The maximum atomic E-state index is 9.40. The second-order valence-corrected chi connectivity index (χ2v) is 1.11. The van der Waals surface area contributed by atoms with E-state index in [1.807, 2.05) is 0 Å². The molecule has 0 aliphatic heterocycles. The van der Waals surface area contributed by atoms with Gasteiger partial charge in [-0.25, -0.2) is 0 Å². The highest BCUT2D eigenvalue weighted by atomic mass is 16.4. The van der Waals surface area contributed by atoms with E-state index in [4.69, 9.17) is 5.11 Å². The molecule has 0 unspecified atom stereocenters. The summed E-state index contributed by atoms with van der Waals surface area (Å²) in [5.74, 6) is -1.14. The minimum Gasteiger partial charge on any atom is -0.855 e. The van der Waals surface area contributed by atoms with Crippen LogP contribution >= 0.6 is 0 Å². The van der Waals surface area contributed by atoms with Gasteiger partial charge in [0, 0.05) is 0 Å². The molecular formula is C6H18N2O3. The van der Waals surface area contributed by atoms with Crippen LogP contribution in [0.3, 0.4) is 0 Å². The first-order chi connectivity index (χ1) is 4.18. The Bertz CT molecular complexity index is 93.8. The summed E-state index contributed by atoms with van der Waals surface area (Å²) in [6.07, 6.45) is 2.38. The minimum absolute atomic E-state index is 0. The van der Waals surface area contributed by atoms with Crippen molar-refractivity contribution in [2.75, 3.05) is 6.61 Å². The number of carboxylic acids is 1. The van der Waals surface area contributed by atoms with Gasteiger partial charge in [0.2, 0.25) is 0 Å². The molecule has 70 valence electrons. The van der Waals surface area contributed by atoms with E-state index in [0.717, 1.165) is 6.08 Å². The SMILES string of the molecule is C/C=C/C(=O)[O-].CC[O-].[NH4+].[NH4+]. The molecule has 0 fully saturated rings. The Balaban J connectivity index is -0.0000000437. The number of allylic oxidation sites excluding steroid dienone is 1. The van der Waals surface area contributed by atoms with Gasteiger partial charge in [0.25, 0.3) is 0 Å². The Morgan fingerprint density at radius 3 is 1.73 bits per heavy atom. The second kappa shape index (κ2) is 23.0. The molecule has 0 radical (unpaired) electrons. The molecule has 0 aliphatic carbocycles. The summed E-state index contributed by atoms with van der Waals surface area (Å²) in [4.78, 5) is 9.40. The molecule has 0 atom stereocenters. The maximum absolute atomic E-state index is 9.40. The van der Waals surface area contributed by atoms with Crippen LogP contribution in [0.25, 0.3) is 0 Å². The molecule has 11 heavy (non-hydrogen) atoms. The molecular weight excluding hydrogens is 148 g/mol. The van der Waals surface area contributed by atoms with E-state index in [1.165, 1.54) is 6.08 Å². The predicted octanol–water partition coefficient (Wildman–Crippen LogP) is -0.569. The molecule has 0 aliphatic rings. The summed E-state index contributed by atoms with van der Waals surface area (Å²) in [5.41, 5.74) is 0. The van der Waals surface area contributed by atoms with Crippen LogP contribution in [0.1, 0.15) is 13.8 Å². The van der Waals surface area contributed by atoms with Gasteiger partial charge in [-0.2, -0.15) is 0 Å². The van der Waals surface area contributed by atoms with Crippen LogP contribution in [0, 0.1) is 0 Å². The number of aliphatic carboxylic acids is 1. The lowest BCUT2D eigenvalue weighted by Gasteiger charge is -1.83. The largest absolute Gasteiger partial charge is 0.855 e. The third-order valence-electron chi connectivity index (χ3n) is 0.303. The van der Waals surface area contributed by atoms with Gasteiger partial charge in [0.1, 0.15) is 0 Å². The van der Waals surface area contributed by atoms with E-state index in [9.17, 15) is 9.90 Å². The number of hydrogen-bond acceptors (Lipinski definition) is 3. The molecule has 5 nitrogen and oxygen atoms in total. The standard InChI is InChI=1S/C4H6O2.C2H5O.2H3N/c1-2-3-4(5)6;1-2-3;;/h2-3H,1H3,(H,5,6);2H2,1H3;2*1H3/q;-1;;/p+1/b3-2+;;;. The summed E-state index contributed by atoms with van der Waals surface area (Å²) < 4.78 is 0. The third-order valence-corrected chi connectivity index (χ3v) is 0.303. The summed E-state index contributed by atoms with van der Waals surface area (Å²) >= 11 is 0. The highest BCUT2D eigenvalue weighted by Crippen LogP contribution is 1.61. The molecule has 5 heteroatoms. The lowest BCUT2D eigenvalue weighted by Crippen LogP contribution is -2.18. The van der Waals surface area contributed by atoms with Crippen LogP contribution < -0.4 is 22.5 Å². The van der Waals surface area contributed by atoms with Gasteiger partial charge >= 0.3 is 0 Å². The third kappa shape index (κ3) is 105. The Morgan fingerprint density at radius 2 is 1.73 bits per heavy atom. The lowest BCUT2D eigenvalue weighted by atomic mass is 10.5. The smallest absolute Gasteiger partial charge is 0.0639 e. The Morgan fingerprint density at radius 1 is 1.45 bits per heavy atom. The molecule has 0 bridgehead atoms. The van der Waals surface area contributed by atoms with Gasteiger partial charge in [-0.1, -0.05) is 13.0 Å². The van der Waals surface area contributed by atoms with E-state index in [1.54, 1.807) is 13.8 Å². The molecule has 0 aromatic rings. The molecule has 0 aromatic heterocycles. The summed E-state index contributed by atoms with van der Waals surface area (Å²) in [7, 11) is 0. The first-order valence-electron chi connectivity index (χ1n) is 2.60. The molecule has 0 spiro atoms. The topological polar surface area (TPSA) is 136 Å². The number of rotatable bonds is 1. The Hall–Kier alpha value is -0.910. The predicted molar refractivity (Wildman–Crippen MR) is 42.3 cm³/mol.